The molecule has 0 radical (unpaired) electrons. The minimum atomic E-state index is -0.124. The Morgan fingerprint density at radius 1 is 1.33 bits per heavy atom. The van der Waals surface area contributed by atoms with Crippen molar-refractivity contribution in [3.05, 3.63) is 34.7 Å². The predicted octanol–water partition coefficient (Wildman–Crippen LogP) is 3.89. The molecule has 1 aliphatic rings. The Bertz CT molecular complexity index is 1000. The number of thioether (sulfide) groups is 1. The highest BCUT2D eigenvalue weighted by Crippen LogP contribution is 2.38. The van der Waals surface area contributed by atoms with E-state index in [1.54, 1.807) is 24.5 Å². The molecule has 1 amide bonds. The van der Waals surface area contributed by atoms with Crippen LogP contribution in [0.25, 0.3) is 10.2 Å². The first-order valence-corrected chi connectivity index (χ1v) is 10.6. The maximum Gasteiger partial charge on any atom is 0.234 e. The van der Waals surface area contributed by atoms with Gasteiger partial charge in [0.05, 0.1) is 18.2 Å². The lowest BCUT2D eigenvalue weighted by molar-refractivity contribution is -0.113. The van der Waals surface area contributed by atoms with E-state index in [1.165, 1.54) is 35.0 Å². The minimum absolute atomic E-state index is 0.124. The molecule has 2 heterocycles. The van der Waals surface area contributed by atoms with Crippen molar-refractivity contribution < 1.29 is 9.53 Å². The molecule has 0 fully saturated rings. The van der Waals surface area contributed by atoms with Gasteiger partial charge in [0.2, 0.25) is 5.91 Å². The van der Waals surface area contributed by atoms with Gasteiger partial charge < -0.3 is 15.8 Å². The number of nitrogens with zero attached hydrogens (tertiary/aromatic N) is 2. The van der Waals surface area contributed by atoms with E-state index < -0.39 is 0 Å². The highest BCUT2D eigenvalue weighted by molar-refractivity contribution is 7.99. The van der Waals surface area contributed by atoms with Crippen molar-refractivity contribution in [2.24, 2.45) is 0 Å². The van der Waals surface area contributed by atoms with Crippen LogP contribution < -0.4 is 15.8 Å². The van der Waals surface area contributed by atoms with Crippen LogP contribution >= 0.6 is 23.1 Å². The molecule has 0 bridgehead atoms. The van der Waals surface area contributed by atoms with E-state index in [0.717, 1.165) is 23.1 Å². The maximum absolute atomic E-state index is 12.2. The number of nitrogen functional groups attached to an aromatic ring is 1. The molecule has 3 N–H and O–H groups in total. The van der Waals surface area contributed by atoms with E-state index in [1.807, 2.05) is 18.2 Å². The zero-order valence-electron chi connectivity index (χ0n) is 14.9. The van der Waals surface area contributed by atoms with Crippen molar-refractivity contribution in [1.82, 2.24) is 9.97 Å². The summed E-state index contributed by atoms with van der Waals surface area (Å²) in [6.07, 6.45) is 4.57. The topological polar surface area (TPSA) is 90.1 Å². The van der Waals surface area contributed by atoms with E-state index in [-0.39, 0.29) is 11.7 Å². The monoisotopic (exact) mass is 400 g/mol. The van der Waals surface area contributed by atoms with Crippen molar-refractivity contribution in [2.45, 2.75) is 30.8 Å². The molecular formula is C19H20N4O2S2. The van der Waals surface area contributed by atoms with Gasteiger partial charge in [0.15, 0.2) is 5.16 Å². The molecule has 0 aliphatic heterocycles. The van der Waals surface area contributed by atoms with Crippen molar-refractivity contribution in [2.75, 3.05) is 23.9 Å². The molecule has 0 unspecified atom stereocenters. The van der Waals surface area contributed by atoms with Gasteiger partial charge in [0.25, 0.3) is 0 Å². The number of rotatable bonds is 5. The minimum Gasteiger partial charge on any atom is -0.497 e. The van der Waals surface area contributed by atoms with Crippen LogP contribution in [0.15, 0.2) is 29.4 Å². The number of carbonyl (C=O) groups is 1. The van der Waals surface area contributed by atoms with Gasteiger partial charge in [0, 0.05) is 16.6 Å². The number of thiophene rings is 1. The van der Waals surface area contributed by atoms with Gasteiger partial charge in [0.1, 0.15) is 16.4 Å². The molecule has 4 rings (SSSR count). The normalized spacial score (nSPS) is 13.4. The van der Waals surface area contributed by atoms with Crippen molar-refractivity contribution in [3.8, 4) is 5.75 Å². The molecule has 8 heteroatoms. The lowest BCUT2D eigenvalue weighted by atomic mass is 9.97. The molecule has 6 nitrogen and oxygen atoms in total. The second-order valence-electron chi connectivity index (χ2n) is 6.35. The number of amides is 1. The number of ether oxygens (including phenoxy) is 1. The van der Waals surface area contributed by atoms with E-state index in [4.69, 9.17) is 10.5 Å². The Balaban J connectivity index is 1.46. The lowest BCUT2D eigenvalue weighted by Gasteiger charge is -2.10. The largest absolute Gasteiger partial charge is 0.497 e. The molecule has 0 atom stereocenters. The number of methoxy groups -OCH3 is 1. The summed E-state index contributed by atoms with van der Waals surface area (Å²) < 4.78 is 5.17. The zero-order chi connectivity index (χ0) is 18.8. The molecular weight excluding hydrogens is 380 g/mol. The van der Waals surface area contributed by atoms with Gasteiger partial charge in [-0.05, 0) is 43.4 Å². The summed E-state index contributed by atoms with van der Waals surface area (Å²) in [5.74, 6) is 1.31. The number of benzene rings is 1. The number of nitrogens with two attached hydrogens (primary N) is 1. The van der Waals surface area contributed by atoms with Gasteiger partial charge in [-0.25, -0.2) is 9.97 Å². The van der Waals surface area contributed by atoms with E-state index in [0.29, 0.717) is 22.4 Å². The average Bonchev–Trinajstić information content (AvgIpc) is 3.05. The third-order valence-electron chi connectivity index (χ3n) is 4.51. The van der Waals surface area contributed by atoms with Gasteiger partial charge in [-0.15, -0.1) is 11.3 Å². The summed E-state index contributed by atoms with van der Waals surface area (Å²) in [6, 6.07) is 7.26. The van der Waals surface area contributed by atoms with Crippen molar-refractivity contribution >= 4 is 50.7 Å². The van der Waals surface area contributed by atoms with Crippen LogP contribution in [0.2, 0.25) is 0 Å². The standard InChI is InChI=1S/C19H20N4O2S2/c1-25-12-6-4-5-11(9-12)21-15(24)10-26-19-22-17(20)16-13-7-2-3-8-14(13)27-18(16)23-19/h4-6,9H,2-3,7-8,10H2,1H3,(H,21,24)(H2,20,22,23). The van der Waals surface area contributed by atoms with Gasteiger partial charge in [-0.2, -0.15) is 0 Å². The first-order valence-electron chi connectivity index (χ1n) is 8.78. The Labute approximate surface area is 165 Å². The summed E-state index contributed by atoms with van der Waals surface area (Å²) in [6.45, 7) is 0. The Morgan fingerprint density at radius 2 is 2.19 bits per heavy atom. The van der Waals surface area contributed by atoms with Gasteiger partial charge in [-0.3, -0.25) is 4.79 Å². The fraction of sp³-hybridized carbons (Fsp3) is 0.316. The van der Waals surface area contributed by atoms with E-state index in [9.17, 15) is 4.79 Å². The Kier molecular flexibility index (Phi) is 5.18. The molecule has 1 aliphatic carbocycles. The number of anilines is 2. The Morgan fingerprint density at radius 3 is 3.04 bits per heavy atom. The predicted molar refractivity (Wildman–Crippen MR) is 111 cm³/mol. The molecule has 3 aromatic rings. The molecule has 0 saturated carbocycles. The zero-order valence-corrected chi connectivity index (χ0v) is 16.6. The summed E-state index contributed by atoms with van der Waals surface area (Å²) in [5.41, 5.74) is 8.24. The second-order valence-corrected chi connectivity index (χ2v) is 8.38. The highest BCUT2D eigenvalue weighted by atomic mass is 32.2. The van der Waals surface area contributed by atoms with E-state index in [2.05, 4.69) is 15.3 Å². The van der Waals surface area contributed by atoms with Crippen LogP contribution in [0.3, 0.4) is 0 Å². The van der Waals surface area contributed by atoms with Crippen LogP contribution in [0.1, 0.15) is 23.3 Å². The van der Waals surface area contributed by atoms with Crippen LogP contribution in [0.5, 0.6) is 5.75 Å². The molecule has 1 aromatic carbocycles. The van der Waals surface area contributed by atoms with Crippen LogP contribution in [-0.4, -0.2) is 28.7 Å². The smallest absolute Gasteiger partial charge is 0.234 e. The van der Waals surface area contributed by atoms with Gasteiger partial charge in [-0.1, -0.05) is 17.8 Å². The highest BCUT2D eigenvalue weighted by Gasteiger charge is 2.20. The second kappa shape index (κ2) is 7.74. The number of fused-ring (bicyclic) bond motifs is 3. The summed E-state index contributed by atoms with van der Waals surface area (Å²) >= 11 is 3.00. The van der Waals surface area contributed by atoms with Crippen molar-refractivity contribution in [1.29, 1.82) is 0 Å². The first-order chi connectivity index (χ1) is 13.1. The molecule has 0 saturated heterocycles. The van der Waals surface area contributed by atoms with Gasteiger partial charge >= 0.3 is 0 Å². The van der Waals surface area contributed by atoms with E-state index >= 15 is 0 Å². The first kappa shape index (κ1) is 18.1. The number of hydrogen-bond donors (Lipinski definition) is 2. The fourth-order valence-electron chi connectivity index (χ4n) is 3.26. The van der Waals surface area contributed by atoms with Crippen LogP contribution in [-0.2, 0) is 17.6 Å². The number of carbonyl (C=O) groups excluding carboxylic acids is 1. The molecule has 140 valence electrons. The molecule has 2 aromatic heterocycles. The third-order valence-corrected chi connectivity index (χ3v) is 6.54. The third kappa shape index (κ3) is 3.86. The summed E-state index contributed by atoms with van der Waals surface area (Å²) in [7, 11) is 1.59. The Hall–Kier alpha value is -2.32. The summed E-state index contributed by atoms with van der Waals surface area (Å²) in [4.78, 5) is 23.6. The molecule has 27 heavy (non-hydrogen) atoms. The van der Waals surface area contributed by atoms with Crippen LogP contribution in [0.4, 0.5) is 11.5 Å². The number of aromatic nitrogens is 2. The fourth-order valence-corrected chi connectivity index (χ4v) is 5.24. The van der Waals surface area contributed by atoms with Crippen molar-refractivity contribution in [3.63, 3.8) is 0 Å². The molecule has 0 spiro atoms. The number of hydrogen-bond acceptors (Lipinski definition) is 7. The quantitative estimate of drug-likeness (QED) is 0.499. The number of aryl methyl sites for hydroxylation is 2. The maximum atomic E-state index is 12.2. The average molecular weight is 401 g/mol. The summed E-state index contributed by atoms with van der Waals surface area (Å²) in [5, 5.41) is 4.41. The number of nitrogens with one attached hydrogen (secondary N) is 1. The SMILES string of the molecule is COc1cccc(NC(=O)CSc2nc(N)c3c4c(sc3n2)CCCC4)c1. The van der Waals surface area contributed by atoms with Crippen LogP contribution in [0, 0.1) is 0 Å². The lowest BCUT2D eigenvalue weighted by Crippen LogP contribution is -2.14.